The number of nitrogens with one attached hydrogen (secondary N) is 1. The number of oxazole rings is 1. The molecule has 0 saturated carbocycles. The van der Waals surface area contributed by atoms with Crippen LogP contribution >= 0.6 is 0 Å². The number of amides is 1. The molecule has 0 atom stereocenters. The molecule has 1 N–H and O–H groups in total. The molecule has 0 radical (unpaired) electrons. The Morgan fingerprint density at radius 3 is 2.70 bits per heavy atom. The number of carbonyl (C=O) groups is 1. The van der Waals surface area contributed by atoms with Crippen LogP contribution in [0.4, 0.5) is 5.69 Å². The Kier molecular flexibility index (Phi) is 5.38. The number of hydrogen-bond acceptors (Lipinski definition) is 5. The van der Waals surface area contributed by atoms with Crippen LogP contribution in [0.3, 0.4) is 0 Å². The van der Waals surface area contributed by atoms with E-state index in [1.807, 2.05) is 18.2 Å². The highest BCUT2D eigenvalue weighted by Crippen LogP contribution is 2.19. The molecule has 3 rings (SSSR count). The molecule has 0 aliphatic carbocycles. The minimum absolute atomic E-state index is 0.308. The first-order chi connectivity index (χ1) is 12.8. The predicted octanol–water partition coefficient (Wildman–Crippen LogP) is 3.01. The summed E-state index contributed by atoms with van der Waals surface area (Å²) in [5, 5.41) is 3.75. The van der Waals surface area contributed by atoms with Gasteiger partial charge in [-0.05, 0) is 29.8 Å². The van der Waals surface area contributed by atoms with E-state index in [4.69, 9.17) is 4.42 Å². The van der Waals surface area contributed by atoms with Crippen LogP contribution in [0.5, 0.6) is 0 Å². The van der Waals surface area contributed by atoms with Crippen molar-refractivity contribution in [1.82, 2.24) is 9.29 Å². The smallest absolute Gasteiger partial charge is 0.239 e. The summed E-state index contributed by atoms with van der Waals surface area (Å²) in [6.45, 7) is 1.43. The average Bonchev–Trinajstić information content (AvgIpc) is 3.00. The Morgan fingerprint density at radius 1 is 1.22 bits per heavy atom. The van der Waals surface area contributed by atoms with Crippen molar-refractivity contribution < 1.29 is 17.6 Å². The second-order valence-corrected chi connectivity index (χ2v) is 7.90. The van der Waals surface area contributed by atoms with E-state index in [1.165, 1.54) is 13.1 Å². The molecule has 0 fully saturated rings. The van der Waals surface area contributed by atoms with Crippen LogP contribution in [-0.4, -0.2) is 37.2 Å². The summed E-state index contributed by atoms with van der Waals surface area (Å²) in [5.41, 5.74) is 2.52. The van der Waals surface area contributed by atoms with Crippen molar-refractivity contribution >= 4 is 38.8 Å². The molecule has 2 aromatic carbocycles. The number of rotatable bonds is 6. The molecular weight excluding hydrogens is 366 g/mol. The molecule has 1 aromatic heterocycles. The Morgan fingerprint density at radius 2 is 1.96 bits per heavy atom. The van der Waals surface area contributed by atoms with E-state index in [2.05, 4.69) is 10.3 Å². The van der Waals surface area contributed by atoms with Crippen LogP contribution < -0.4 is 5.32 Å². The van der Waals surface area contributed by atoms with E-state index in [0.29, 0.717) is 22.7 Å². The zero-order valence-electron chi connectivity index (χ0n) is 14.9. The van der Waals surface area contributed by atoms with Crippen LogP contribution in [0, 0.1) is 6.92 Å². The van der Waals surface area contributed by atoms with Gasteiger partial charge >= 0.3 is 0 Å². The minimum Gasteiger partial charge on any atom is -0.441 e. The quantitative estimate of drug-likeness (QED) is 0.704. The number of anilines is 1. The SMILES string of the molecule is Cc1nc2cc(NC(=O)CN(C)S(=O)(=O)C=Cc3ccccc3)ccc2o1. The van der Waals surface area contributed by atoms with Crippen molar-refractivity contribution in [3.63, 3.8) is 0 Å². The molecular formula is C19H19N3O4S. The zero-order valence-corrected chi connectivity index (χ0v) is 15.7. The highest BCUT2D eigenvalue weighted by molar-refractivity contribution is 7.92. The Balaban J connectivity index is 1.64. The van der Waals surface area contributed by atoms with Gasteiger partial charge in [0.05, 0.1) is 6.54 Å². The topological polar surface area (TPSA) is 92.5 Å². The number of fused-ring (bicyclic) bond motifs is 1. The van der Waals surface area contributed by atoms with Crippen LogP contribution in [0.2, 0.25) is 0 Å². The van der Waals surface area contributed by atoms with Gasteiger partial charge in [-0.2, -0.15) is 4.31 Å². The van der Waals surface area contributed by atoms with E-state index in [1.54, 1.807) is 37.3 Å². The van der Waals surface area contributed by atoms with E-state index < -0.39 is 15.9 Å². The van der Waals surface area contributed by atoms with Crippen LogP contribution in [-0.2, 0) is 14.8 Å². The number of aryl methyl sites for hydroxylation is 1. The molecule has 1 amide bonds. The maximum Gasteiger partial charge on any atom is 0.239 e. The van der Waals surface area contributed by atoms with Gasteiger partial charge in [0, 0.05) is 25.1 Å². The summed E-state index contributed by atoms with van der Waals surface area (Å²) in [7, 11) is -2.36. The van der Waals surface area contributed by atoms with Crippen molar-refractivity contribution in [3.8, 4) is 0 Å². The average molecular weight is 385 g/mol. The first kappa shape index (κ1) is 18.8. The number of aromatic nitrogens is 1. The zero-order chi connectivity index (χ0) is 19.4. The van der Waals surface area contributed by atoms with Gasteiger partial charge in [-0.3, -0.25) is 4.79 Å². The highest BCUT2D eigenvalue weighted by atomic mass is 32.2. The maximum absolute atomic E-state index is 12.3. The summed E-state index contributed by atoms with van der Waals surface area (Å²) >= 11 is 0. The van der Waals surface area contributed by atoms with E-state index in [9.17, 15) is 13.2 Å². The molecule has 3 aromatic rings. The Labute approximate surface area is 157 Å². The number of nitrogens with zero attached hydrogens (tertiary/aromatic N) is 2. The van der Waals surface area contributed by atoms with E-state index in [-0.39, 0.29) is 6.54 Å². The molecule has 140 valence electrons. The summed E-state index contributed by atoms with van der Waals surface area (Å²) < 4.78 is 31.0. The van der Waals surface area contributed by atoms with Crippen molar-refractivity contribution in [1.29, 1.82) is 0 Å². The lowest BCUT2D eigenvalue weighted by atomic mass is 10.2. The second-order valence-electron chi connectivity index (χ2n) is 5.98. The number of benzene rings is 2. The second kappa shape index (κ2) is 7.73. The molecule has 0 spiro atoms. The Hall–Kier alpha value is -2.97. The summed E-state index contributed by atoms with van der Waals surface area (Å²) in [6.07, 6.45) is 1.49. The van der Waals surface area contributed by atoms with Crippen molar-refractivity contribution in [2.24, 2.45) is 0 Å². The van der Waals surface area contributed by atoms with Crippen molar-refractivity contribution in [2.75, 3.05) is 18.9 Å². The van der Waals surface area contributed by atoms with Gasteiger partial charge in [-0.15, -0.1) is 0 Å². The number of hydrogen-bond donors (Lipinski definition) is 1. The van der Waals surface area contributed by atoms with Crippen LogP contribution in [0.15, 0.2) is 58.4 Å². The van der Waals surface area contributed by atoms with Gasteiger partial charge in [0.2, 0.25) is 15.9 Å². The van der Waals surface area contributed by atoms with Crippen molar-refractivity contribution in [2.45, 2.75) is 6.92 Å². The fourth-order valence-electron chi connectivity index (χ4n) is 2.45. The molecule has 0 saturated heterocycles. The molecule has 0 bridgehead atoms. The lowest BCUT2D eigenvalue weighted by molar-refractivity contribution is -0.116. The van der Waals surface area contributed by atoms with Crippen LogP contribution in [0.25, 0.3) is 17.2 Å². The summed E-state index contributed by atoms with van der Waals surface area (Å²) in [6, 6.07) is 14.1. The number of likely N-dealkylation sites (N-methyl/N-ethyl adjacent to an activating group) is 1. The standard InChI is InChI=1S/C19H19N3O4S/c1-14-20-17-12-16(8-9-18(17)26-14)21-19(23)13-22(2)27(24,25)11-10-15-6-4-3-5-7-15/h3-12H,13H2,1-2H3,(H,21,23). The third-order valence-electron chi connectivity index (χ3n) is 3.81. The number of carbonyl (C=O) groups excluding carboxylic acids is 1. The van der Waals surface area contributed by atoms with Crippen LogP contribution in [0.1, 0.15) is 11.5 Å². The van der Waals surface area contributed by atoms with Gasteiger partial charge in [0.25, 0.3) is 0 Å². The number of sulfonamides is 1. The largest absolute Gasteiger partial charge is 0.441 e. The maximum atomic E-state index is 12.3. The van der Waals surface area contributed by atoms with Gasteiger partial charge in [-0.1, -0.05) is 30.3 Å². The third kappa shape index (κ3) is 4.81. The van der Waals surface area contributed by atoms with E-state index >= 15 is 0 Å². The lowest BCUT2D eigenvalue weighted by Gasteiger charge is -2.14. The monoisotopic (exact) mass is 385 g/mol. The lowest BCUT2D eigenvalue weighted by Crippen LogP contribution is -2.33. The van der Waals surface area contributed by atoms with Gasteiger partial charge in [0.15, 0.2) is 11.5 Å². The van der Waals surface area contributed by atoms with E-state index in [0.717, 1.165) is 15.3 Å². The third-order valence-corrected chi connectivity index (χ3v) is 5.29. The molecule has 27 heavy (non-hydrogen) atoms. The first-order valence-electron chi connectivity index (χ1n) is 8.20. The van der Waals surface area contributed by atoms with Gasteiger partial charge in [0.1, 0.15) is 5.52 Å². The first-order valence-corrected chi connectivity index (χ1v) is 9.70. The molecule has 7 nitrogen and oxygen atoms in total. The fourth-order valence-corrected chi connectivity index (χ4v) is 3.28. The molecule has 1 heterocycles. The normalized spacial score (nSPS) is 12.1. The Bertz CT molecular complexity index is 1090. The minimum atomic E-state index is -3.71. The van der Waals surface area contributed by atoms with Crippen molar-refractivity contribution in [3.05, 3.63) is 65.4 Å². The molecule has 0 aliphatic heterocycles. The molecule has 8 heteroatoms. The summed E-state index contributed by atoms with van der Waals surface area (Å²) in [4.78, 5) is 16.4. The molecule has 0 unspecified atom stereocenters. The molecule has 0 aliphatic rings. The van der Waals surface area contributed by atoms with Gasteiger partial charge < -0.3 is 9.73 Å². The predicted molar refractivity (Wildman–Crippen MR) is 104 cm³/mol. The summed E-state index contributed by atoms with van der Waals surface area (Å²) in [5.74, 6) is 0.0817. The fraction of sp³-hybridized carbons (Fsp3) is 0.158. The van der Waals surface area contributed by atoms with Gasteiger partial charge in [-0.25, -0.2) is 13.4 Å². The highest BCUT2D eigenvalue weighted by Gasteiger charge is 2.18.